The molecule has 0 amide bonds. The van der Waals surface area contributed by atoms with Gasteiger partial charge in [0, 0.05) is 6.42 Å². The average Bonchev–Trinajstić information content (AvgIpc) is 2.29. The van der Waals surface area contributed by atoms with Gasteiger partial charge >= 0.3 is 5.97 Å². The Kier molecular flexibility index (Phi) is 4.37. The highest BCUT2D eigenvalue weighted by atomic mass is 35.5. The molecule has 0 bridgehead atoms. The molecule has 17 heavy (non-hydrogen) atoms. The first-order valence-electron chi connectivity index (χ1n) is 5.27. The molecule has 0 radical (unpaired) electrons. The zero-order valence-electron chi connectivity index (χ0n) is 9.87. The van der Waals surface area contributed by atoms with Gasteiger partial charge in [-0.25, -0.2) is 0 Å². The summed E-state index contributed by atoms with van der Waals surface area (Å²) < 4.78 is 5.02. The molecule has 94 valence electrons. The highest BCUT2D eigenvalue weighted by molar-refractivity contribution is 6.32. The number of carboxylic acids is 1. The molecule has 0 saturated carbocycles. The van der Waals surface area contributed by atoms with E-state index in [0.717, 1.165) is 5.56 Å². The van der Waals surface area contributed by atoms with Gasteiger partial charge in [-0.15, -0.1) is 0 Å². The van der Waals surface area contributed by atoms with E-state index in [-0.39, 0.29) is 6.42 Å². The number of methoxy groups -OCH3 is 1. The van der Waals surface area contributed by atoms with Crippen LogP contribution in [0, 0.1) is 0 Å². The molecule has 0 spiro atoms. The molecule has 0 unspecified atom stereocenters. The van der Waals surface area contributed by atoms with Gasteiger partial charge in [-0.05, 0) is 24.1 Å². The zero-order valence-corrected chi connectivity index (χ0v) is 10.6. The van der Waals surface area contributed by atoms with Crippen molar-refractivity contribution >= 4 is 17.6 Å². The molecule has 4 nitrogen and oxygen atoms in total. The number of carbonyl (C=O) groups is 1. The lowest BCUT2D eigenvalue weighted by Crippen LogP contribution is -2.49. The van der Waals surface area contributed by atoms with Gasteiger partial charge in [0.05, 0.1) is 12.1 Å². The molecule has 0 aromatic heterocycles. The second-order valence-electron chi connectivity index (χ2n) is 3.96. The van der Waals surface area contributed by atoms with Crippen LogP contribution >= 0.6 is 11.6 Å². The van der Waals surface area contributed by atoms with Crippen molar-refractivity contribution in [2.75, 3.05) is 7.11 Å². The maximum absolute atomic E-state index is 11.1. The number of rotatable bonds is 5. The fourth-order valence-electron chi connectivity index (χ4n) is 1.54. The number of aliphatic carboxylic acids is 1. The summed E-state index contributed by atoms with van der Waals surface area (Å²) in [5, 5.41) is 9.53. The molecule has 1 aromatic carbocycles. The van der Waals surface area contributed by atoms with Crippen molar-refractivity contribution in [3.05, 3.63) is 28.8 Å². The van der Waals surface area contributed by atoms with E-state index in [4.69, 9.17) is 27.2 Å². The van der Waals surface area contributed by atoms with Gasteiger partial charge in [0.15, 0.2) is 0 Å². The Morgan fingerprint density at radius 1 is 1.59 bits per heavy atom. The van der Waals surface area contributed by atoms with Crippen LogP contribution in [0.2, 0.25) is 5.02 Å². The number of carboxylic acid groups (broad SMARTS) is 1. The van der Waals surface area contributed by atoms with Crippen LogP contribution in [0.25, 0.3) is 0 Å². The highest BCUT2D eigenvalue weighted by Crippen LogP contribution is 2.26. The molecule has 0 aliphatic carbocycles. The average molecular weight is 258 g/mol. The van der Waals surface area contributed by atoms with E-state index in [1.165, 1.54) is 7.11 Å². The predicted molar refractivity (Wildman–Crippen MR) is 66.6 cm³/mol. The maximum Gasteiger partial charge on any atom is 0.324 e. The van der Waals surface area contributed by atoms with E-state index in [2.05, 4.69) is 0 Å². The number of halogens is 1. The summed E-state index contributed by atoms with van der Waals surface area (Å²) in [4.78, 5) is 11.1. The lowest BCUT2D eigenvalue weighted by molar-refractivity contribution is -0.143. The monoisotopic (exact) mass is 257 g/mol. The fourth-order valence-corrected chi connectivity index (χ4v) is 1.82. The second kappa shape index (κ2) is 5.38. The summed E-state index contributed by atoms with van der Waals surface area (Å²) in [5.41, 5.74) is 5.35. The molecule has 3 N–H and O–H groups in total. The third-order valence-electron chi connectivity index (χ3n) is 2.79. The van der Waals surface area contributed by atoms with Crippen molar-refractivity contribution in [2.45, 2.75) is 25.3 Å². The molecule has 0 fully saturated rings. The Bertz CT molecular complexity index is 422. The maximum atomic E-state index is 11.1. The molecule has 5 heteroatoms. The van der Waals surface area contributed by atoms with E-state index in [1.807, 2.05) is 0 Å². The zero-order chi connectivity index (χ0) is 13.1. The Hall–Kier alpha value is -1.26. The molecule has 0 heterocycles. The van der Waals surface area contributed by atoms with Crippen LogP contribution in [0.15, 0.2) is 18.2 Å². The first-order chi connectivity index (χ1) is 7.92. The van der Waals surface area contributed by atoms with Crippen LogP contribution in [0.4, 0.5) is 0 Å². The molecular weight excluding hydrogens is 242 g/mol. The number of nitrogens with two attached hydrogens (primary N) is 1. The highest BCUT2D eigenvalue weighted by Gasteiger charge is 2.32. The molecule has 0 aliphatic heterocycles. The first kappa shape index (κ1) is 13.8. The van der Waals surface area contributed by atoms with Gasteiger partial charge in [-0.3, -0.25) is 4.79 Å². The van der Waals surface area contributed by atoms with E-state index < -0.39 is 11.5 Å². The van der Waals surface area contributed by atoms with Crippen molar-refractivity contribution in [1.29, 1.82) is 0 Å². The van der Waals surface area contributed by atoms with Gasteiger partial charge < -0.3 is 15.6 Å². The standard InChI is InChI=1S/C12H16ClNO3/c1-3-12(14,11(15)16)7-8-4-5-10(17-2)9(13)6-8/h4-6H,3,7,14H2,1-2H3,(H,15,16)/t12-/m0/s1. The Labute approximate surface area is 105 Å². The Balaban J connectivity index is 2.95. The molecular formula is C12H16ClNO3. The van der Waals surface area contributed by atoms with Gasteiger partial charge in [0.2, 0.25) is 0 Å². The second-order valence-corrected chi connectivity index (χ2v) is 4.37. The van der Waals surface area contributed by atoms with Crippen molar-refractivity contribution in [2.24, 2.45) is 5.73 Å². The van der Waals surface area contributed by atoms with E-state index >= 15 is 0 Å². The van der Waals surface area contributed by atoms with E-state index in [0.29, 0.717) is 17.2 Å². The third kappa shape index (κ3) is 3.11. The lowest BCUT2D eigenvalue weighted by atomic mass is 9.89. The van der Waals surface area contributed by atoms with Gasteiger partial charge in [-0.2, -0.15) is 0 Å². The summed E-state index contributed by atoms with van der Waals surface area (Å²) in [6.45, 7) is 1.75. The topological polar surface area (TPSA) is 72.5 Å². The normalized spacial score (nSPS) is 14.1. The largest absolute Gasteiger partial charge is 0.495 e. The van der Waals surface area contributed by atoms with Crippen LogP contribution in [-0.2, 0) is 11.2 Å². The minimum atomic E-state index is -1.25. The minimum absolute atomic E-state index is 0.239. The Morgan fingerprint density at radius 2 is 2.24 bits per heavy atom. The summed E-state index contributed by atoms with van der Waals surface area (Å²) in [7, 11) is 1.53. The quantitative estimate of drug-likeness (QED) is 0.847. The smallest absolute Gasteiger partial charge is 0.324 e. The van der Waals surface area contributed by atoms with Crippen LogP contribution in [0.5, 0.6) is 5.75 Å². The number of hydrogen-bond donors (Lipinski definition) is 2. The van der Waals surface area contributed by atoms with Crippen molar-refractivity contribution in [1.82, 2.24) is 0 Å². The minimum Gasteiger partial charge on any atom is -0.495 e. The Morgan fingerprint density at radius 3 is 2.65 bits per heavy atom. The van der Waals surface area contributed by atoms with E-state index in [9.17, 15) is 4.79 Å². The molecule has 1 rings (SSSR count). The SMILES string of the molecule is CC[C@](N)(Cc1ccc(OC)c(Cl)c1)C(=O)O. The van der Waals surface area contributed by atoms with E-state index in [1.54, 1.807) is 25.1 Å². The third-order valence-corrected chi connectivity index (χ3v) is 3.09. The van der Waals surface area contributed by atoms with Gasteiger partial charge in [-0.1, -0.05) is 24.6 Å². The number of hydrogen-bond acceptors (Lipinski definition) is 3. The fraction of sp³-hybridized carbons (Fsp3) is 0.417. The molecule has 0 saturated heterocycles. The van der Waals surface area contributed by atoms with Crippen molar-refractivity contribution < 1.29 is 14.6 Å². The van der Waals surface area contributed by atoms with Crippen LogP contribution in [0.1, 0.15) is 18.9 Å². The number of ether oxygens (including phenoxy) is 1. The number of benzene rings is 1. The van der Waals surface area contributed by atoms with Crippen molar-refractivity contribution in [3.63, 3.8) is 0 Å². The summed E-state index contributed by atoms with van der Waals surface area (Å²) in [5.74, 6) is -0.447. The van der Waals surface area contributed by atoms with Crippen LogP contribution < -0.4 is 10.5 Å². The predicted octanol–water partition coefficient (Wildman–Crippen LogP) is 2.08. The first-order valence-corrected chi connectivity index (χ1v) is 5.65. The van der Waals surface area contributed by atoms with Crippen molar-refractivity contribution in [3.8, 4) is 5.75 Å². The molecule has 1 atom stereocenters. The van der Waals surface area contributed by atoms with Gasteiger partial charge in [0.1, 0.15) is 11.3 Å². The molecule has 0 aliphatic rings. The van der Waals surface area contributed by atoms with Gasteiger partial charge in [0.25, 0.3) is 0 Å². The summed E-state index contributed by atoms with van der Waals surface area (Å²) >= 11 is 5.97. The van der Waals surface area contributed by atoms with Crippen LogP contribution in [-0.4, -0.2) is 23.7 Å². The summed E-state index contributed by atoms with van der Waals surface area (Å²) in [6, 6.07) is 5.15. The van der Waals surface area contributed by atoms with Crippen LogP contribution in [0.3, 0.4) is 0 Å². The summed E-state index contributed by atoms with van der Waals surface area (Å²) in [6.07, 6.45) is 0.592. The lowest BCUT2D eigenvalue weighted by Gasteiger charge is -2.23. The molecule has 1 aromatic rings.